The third kappa shape index (κ3) is 4.46. The number of amides is 1. The Bertz CT molecular complexity index is 1210. The Kier molecular flexibility index (Phi) is 5.49. The van der Waals surface area contributed by atoms with Crippen molar-refractivity contribution in [1.29, 1.82) is 0 Å². The molecule has 3 atom stereocenters. The third-order valence-corrected chi connectivity index (χ3v) is 6.38. The molecule has 1 aliphatic carbocycles. The van der Waals surface area contributed by atoms with Crippen LogP contribution in [0.5, 0.6) is 0 Å². The number of aromatic nitrogens is 4. The number of hydrogen-bond acceptors (Lipinski definition) is 7. The van der Waals surface area contributed by atoms with Crippen molar-refractivity contribution in [1.82, 2.24) is 25.1 Å². The highest BCUT2D eigenvalue weighted by Gasteiger charge is 2.47. The van der Waals surface area contributed by atoms with Gasteiger partial charge in [-0.2, -0.15) is 13.2 Å². The Morgan fingerprint density at radius 1 is 1.15 bits per heavy atom. The lowest BCUT2D eigenvalue weighted by Gasteiger charge is -2.35. The van der Waals surface area contributed by atoms with Crippen LogP contribution in [0.2, 0.25) is 0 Å². The SMILES string of the molecule is Cc1ccc(-c2nnc(C)o2)c(C(=O)N2C[C@@H]3C[C@@H]3C[C@H]2CNc2ccc(C(F)(F)F)cn2)n1. The number of piperidine rings is 1. The highest BCUT2D eigenvalue weighted by atomic mass is 19.4. The van der Waals surface area contributed by atoms with E-state index in [1.54, 1.807) is 24.0 Å². The number of nitrogens with zero attached hydrogens (tertiary/aromatic N) is 5. The first-order chi connectivity index (χ1) is 16.2. The maximum absolute atomic E-state index is 13.7. The second-order valence-electron chi connectivity index (χ2n) is 8.89. The number of likely N-dealkylation sites (tertiary alicyclic amines) is 1. The maximum Gasteiger partial charge on any atom is 0.417 e. The molecule has 0 radical (unpaired) electrons. The molecule has 34 heavy (non-hydrogen) atoms. The highest BCUT2D eigenvalue weighted by molar-refractivity contribution is 5.98. The van der Waals surface area contributed by atoms with Crippen LogP contribution in [0.25, 0.3) is 11.5 Å². The molecule has 1 saturated heterocycles. The van der Waals surface area contributed by atoms with E-state index in [1.165, 1.54) is 6.07 Å². The molecule has 178 valence electrons. The number of anilines is 1. The normalized spacial score (nSPS) is 21.8. The second-order valence-corrected chi connectivity index (χ2v) is 8.89. The number of halogens is 3. The summed E-state index contributed by atoms with van der Waals surface area (Å²) in [6.45, 7) is 4.46. The van der Waals surface area contributed by atoms with E-state index >= 15 is 0 Å². The Hall–Kier alpha value is -3.50. The van der Waals surface area contributed by atoms with Crippen LogP contribution in [0.1, 0.15) is 40.5 Å². The fraction of sp³-hybridized carbons (Fsp3) is 0.435. The summed E-state index contributed by atoms with van der Waals surface area (Å²) in [6, 6.07) is 5.68. The van der Waals surface area contributed by atoms with Crippen molar-refractivity contribution in [3.63, 3.8) is 0 Å². The van der Waals surface area contributed by atoms with E-state index in [1.807, 2.05) is 6.92 Å². The quantitative estimate of drug-likeness (QED) is 0.597. The molecule has 3 aromatic rings. The van der Waals surface area contributed by atoms with E-state index in [2.05, 4.69) is 25.5 Å². The summed E-state index contributed by atoms with van der Waals surface area (Å²) < 4.78 is 44.0. The van der Waals surface area contributed by atoms with Crippen LogP contribution in [-0.2, 0) is 6.18 Å². The number of hydrogen-bond donors (Lipinski definition) is 1. The Morgan fingerprint density at radius 2 is 1.97 bits per heavy atom. The van der Waals surface area contributed by atoms with Gasteiger partial charge in [-0.05, 0) is 55.9 Å². The van der Waals surface area contributed by atoms with Gasteiger partial charge in [-0.15, -0.1) is 10.2 Å². The third-order valence-electron chi connectivity index (χ3n) is 6.38. The van der Waals surface area contributed by atoms with Gasteiger partial charge in [0.15, 0.2) is 0 Å². The second kappa shape index (κ2) is 8.37. The molecule has 3 aromatic heterocycles. The topological polar surface area (TPSA) is 97.0 Å². The van der Waals surface area contributed by atoms with Crippen LogP contribution in [0.15, 0.2) is 34.9 Å². The Morgan fingerprint density at radius 3 is 2.65 bits per heavy atom. The number of carbonyl (C=O) groups is 1. The number of alkyl halides is 3. The summed E-state index contributed by atoms with van der Waals surface area (Å²) in [5, 5.41) is 11.0. The summed E-state index contributed by atoms with van der Waals surface area (Å²) in [6.07, 6.45) is -1.76. The number of pyridine rings is 2. The average molecular weight is 472 g/mol. The number of aryl methyl sites for hydroxylation is 2. The lowest BCUT2D eigenvalue weighted by atomic mass is 10.0. The molecule has 8 nitrogen and oxygen atoms in total. The molecule has 1 amide bonds. The van der Waals surface area contributed by atoms with Crippen LogP contribution in [0.4, 0.5) is 19.0 Å². The molecule has 0 bridgehead atoms. The fourth-order valence-electron chi connectivity index (χ4n) is 4.47. The minimum atomic E-state index is -4.44. The van der Waals surface area contributed by atoms with E-state index in [0.29, 0.717) is 47.9 Å². The summed E-state index contributed by atoms with van der Waals surface area (Å²) in [5.74, 6) is 1.74. The lowest BCUT2D eigenvalue weighted by molar-refractivity contribution is -0.137. The van der Waals surface area contributed by atoms with Crippen molar-refractivity contribution in [3.05, 3.63) is 53.3 Å². The summed E-state index contributed by atoms with van der Waals surface area (Å²) in [4.78, 5) is 23.9. The van der Waals surface area contributed by atoms with Gasteiger partial charge in [-0.25, -0.2) is 9.97 Å². The largest absolute Gasteiger partial charge is 0.421 e. The molecule has 4 heterocycles. The van der Waals surface area contributed by atoms with Crippen molar-refractivity contribution in [2.45, 2.75) is 38.9 Å². The zero-order valence-electron chi connectivity index (χ0n) is 18.6. The first-order valence-electron chi connectivity index (χ1n) is 11.1. The summed E-state index contributed by atoms with van der Waals surface area (Å²) in [5.41, 5.74) is 0.613. The number of fused-ring (bicyclic) bond motifs is 1. The van der Waals surface area contributed by atoms with Gasteiger partial charge in [0.05, 0.1) is 11.1 Å². The van der Waals surface area contributed by atoms with Crippen LogP contribution < -0.4 is 5.32 Å². The molecule has 2 fully saturated rings. The molecule has 2 aliphatic rings. The molecule has 1 saturated carbocycles. The zero-order chi connectivity index (χ0) is 24.0. The van der Waals surface area contributed by atoms with Crippen LogP contribution >= 0.6 is 0 Å². The fourth-order valence-corrected chi connectivity index (χ4v) is 4.47. The van der Waals surface area contributed by atoms with E-state index in [9.17, 15) is 18.0 Å². The molecule has 0 unspecified atom stereocenters. The van der Waals surface area contributed by atoms with Gasteiger partial charge in [0.1, 0.15) is 11.5 Å². The maximum atomic E-state index is 13.7. The smallest absolute Gasteiger partial charge is 0.417 e. The predicted octanol–water partition coefficient (Wildman–Crippen LogP) is 4.12. The first-order valence-corrected chi connectivity index (χ1v) is 11.1. The zero-order valence-corrected chi connectivity index (χ0v) is 18.6. The molecule has 11 heteroatoms. The van der Waals surface area contributed by atoms with Crippen molar-refractivity contribution >= 4 is 11.7 Å². The molecule has 0 spiro atoms. The Labute approximate surface area is 193 Å². The molecular formula is C23H23F3N6O2. The van der Waals surface area contributed by atoms with E-state index in [0.717, 1.165) is 25.1 Å². The van der Waals surface area contributed by atoms with Gasteiger partial charge in [0.2, 0.25) is 11.8 Å². The van der Waals surface area contributed by atoms with Gasteiger partial charge < -0.3 is 14.6 Å². The van der Waals surface area contributed by atoms with E-state index in [-0.39, 0.29) is 23.5 Å². The van der Waals surface area contributed by atoms with Gasteiger partial charge in [0, 0.05) is 37.9 Å². The van der Waals surface area contributed by atoms with Crippen molar-refractivity contribution in [3.8, 4) is 11.5 Å². The van der Waals surface area contributed by atoms with Crippen LogP contribution in [-0.4, -0.2) is 50.1 Å². The number of rotatable bonds is 5. The van der Waals surface area contributed by atoms with Crippen molar-refractivity contribution in [2.75, 3.05) is 18.4 Å². The molecule has 0 aromatic carbocycles. The highest BCUT2D eigenvalue weighted by Crippen LogP contribution is 2.47. The molecule has 1 aliphatic heterocycles. The van der Waals surface area contributed by atoms with Crippen molar-refractivity contribution < 1.29 is 22.4 Å². The standard InChI is InChI=1S/C23H23F3N6O2/c1-12-3-5-18(21-31-30-13(2)34-21)20(29-12)22(33)32-11-15-7-14(15)8-17(32)10-28-19-6-4-16(9-27-19)23(24,25)26/h3-6,9,14-15,17H,7-8,10-11H2,1-2H3,(H,27,28)/t14-,15+,17+/m1/s1. The van der Waals surface area contributed by atoms with Gasteiger partial charge in [0.25, 0.3) is 5.91 Å². The predicted molar refractivity (Wildman–Crippen MR) is 116 cm³/mol. The van der Waals surface area contributed by atoms with E-state index < -0.39 is 11.7 Å². The molecule has 5 rings (SSSR count). The Balaban J connectivity index is 1.37. The van der Waals surface area contributed by atoms with Crippen molar-refractivity contribution in [2.24, 2.45) is 11.8 Å². The van der Waals surface area contributed by atoms with Gasteiger partial charge in [-0.3, -0.25) is 4.79 Å². The summed E-state index contributed by atoms with van der Waals surface area (Å²) >= 11 is 0. The molecular weight excluding hydrogens is 449 g/mol. The average Bonchev–Trinajstić information content (AvgIpc) is 3.44. The first kappa shape index (κ1) is 22.3. The van der Waals surface area contributed by atoms with Crippen LogP contribution in [0.3, 0.4) is 0 Å². The monoisotopic (exact) mass is 472 g/mol. The minimum absolute atomic E-state index is 0.153. The number of carbonyl (C=O) groups excluding carboxylic acids is 1. The van der Waals surface area contributed by atoms with E-state index in [4.69, 9.17) is 4.42 Å². The lowest BCUT2D eigenvalue weighted by Crippen LogP contribution is -2.48. The van der Waals surface area contributed by atoms with Gasteiger partial charge in [-0.1, -0.05) is 0 Å². The van der Waals surface area contributed by atoms with Gasteiger partial charge >= 0.3 is 6.18 Å². The summed E-state index contributed by atoms with van der Waals surface area (Å²) in [7, 11) is 0. The van der Waals surface area contributed by atoms with Crippen LogP contribution in [0, 0.1) is 25.7 Å². The number of nitrogens with one attached hydrogen (secondary N) is 1. The minimum Gasteiger partial charge on any atom is -0.421 e. The molecule has 1 N–H and O–H groups in total.